The molecule has 1 aliphatic heterocycles. The minimum absolute atomic E-state index is 0.000835. The van der Waals surface area contributed by atoms with Crippen LogP contribution in [0.15, 0.2) is 24.3 Å². The summed E-state index contributed by atoms with van der Waals surface area (Å²) in [5.74, 6) is -0.142. The molecule has 0 bridgehead atoms. The van der Waals surface area contributed by atoms with Gasteiger partial charge in [0.05, 0.1) is 12.0 Å². The fourth-order valence-corrected chi connectivity index (χ4v) is 2.29. The number of hydrogen-bond donors (Lipinski definition) is 1. The topological polar surface area (TPSA) is 46.3 Å². The number of hydrogen-bond acceptors (Lipinski definition) is 2. The molecule has 1 aromatic rings. The quantitative estimate of drug-likeness (QED) is 0.906. The Bertz CT molecular complexity index is 480. The lowest BCUT2D eigenvalue weighted by atomic mass is 10.0. The van der Waals surface area contributed by atoms with Gasteiger partial charge in [-0.2, -0.15) is 13.2 Å². The summed E-state index contributed by atoms with van der Waals surface area (Å²) in [7, 11) is 0. The third kappa shape index (κ3) is 3.72. The smallest absolute Gasteiger partial charge is 0.342 e. The van der Waals surface area contributed by atoms with E-state index in [1.807, 2.05) is 0 Å². The largest absolute Gasteiger partial charge is 0.416 e. The van der Waals surface area contributed by atoms with E-state index in [4.69, 9.17) is 5.73 Å². The first kappa shape index (κ1) is 14.8. The minimum atomic E-state index is -4.38. The summed E-state index contributed by atoms with van der Waals surface area (Å²) in [5.41, 5.74) is 5.42. The van der Waals surface area contributed by atoms with Crippen molar-refractivity contribution < 1.29 is 18.0 Å². The van der Waals surface area contributed by atoms with Crippen molar-refractivity contribution >= 4 is 5.91 Å². The molecule has 0 unspecified atom stereocenters. The molecule has 0 spiro atoms. The fraction of sp³-hybridized carbons (Fsp3) is 0.500. The predicted octanol–water partition coefficient (Wildman–Crippen LogP) is 2.20. The zero-order chi connectivity index (χ0) is 14.8. The number of likely N-dealkylation sites (tertiary alicyclic amines) is 1. The highest BCUT2D eigenvalue weighted by Crippen LogP contribution is 2.29. The van der Waals surface area contributed by atoms with Crippen molar-refractivity contribution in [2.24, 2.45) is 5.73 Å². The SMILES string of the molecule is NC1CCN(C(=O)Cc2cccc(C(F)(F)F)c2)CC1. The van der Waals surface area contributed by atoms with E-state index in [2.05, 4.69) is 0 Å². The molecule has 1 aromatic carbocycles. The first-order valence-corrected chi connectivity index (χ1v) is 6.56. The Hall–Kier alpha value is -1.56. The summed E-state index contributed by atoms with van der Waals surface area (Å²) in [4.78, 5) is 13.7. The molecular formula is C14H17F3N2O. The van der Waals surface area contributed by atoms with Crippen LogP contribution in [0.4, 0.5) is 13.2 Å². The molecule has 2 rings (SSSR count). The normalized spacial score (nSPS) is 17.3. The summed E-state index contributed by atoms with van der Waals surface area (Å²) in [6.45, 7) is 1.16. The molecule has 110 valence electrons. The van der Waals surface area contributed by atoms with E-state index in [1.165, 1.54) is 6.07 Å². The maximum Gasteiger partial charge on any atom is 0.416 e. The highest BCUT2D eigenvalue weighted by Gasteiger charge is 2.30. The van der Waals surface area contributed by atoms with Gasteiger partial charge >= 0.3 is 6.18 Å². The first-order valence-electron chi connectivity index (χ1n) is 6.56. The molecule has 1 heterocycles. The lowest BCUT2D eigenvalue weighted by Gasteiger charge is -2.30. The van der Waals surface area contributed by atoms with Crippen LogP contribution in [0.5, 0.6) is 0 Å². The average molecular weight is 286 g/mol. The van der Waals surface area contributed by atoms with Crippen molar-refractivity contribution in [2.75, 3.05) is 13.1 Å². The van der Waals surface area contributed by atoms with E-state index < -0.39 is 11.7 Å². The number of carbonyl (C=O) groups excluding carboxylic acids is 1. The zero-order valence-corrected chi connectivity index (χ0v) is 11.0. The number of alkyl halides is 3. The van der Waals surface area contributed by atoms with Crippen molar-refractivity contribution in [2.45, 2.75) is 31.5 Å². The predicted molar refractivity (Wildman–Crippen MR) is 68.9 cm³/mol. The third-order valence-electron chi connectivity index (χ3n) is 3.50. The molecule has 1 saturated heterocycles. The monoisotopic (exact) mass is 286 g/mol. The average Bonchev–Trinajstić information content (AvgIpc) is 2.38. The first-order chi connectivity index (χ1) is 9.36. The minimum Gasteiger partial charge on any atom is -0.342 e. The van der Waals surface area contributed by atoms with Crippen molar-refractivity contribution in [3.05, 3.63) is 35.4 Å². The molecule has 0 saturated carbocycles. The Balaban J connectivity index is 2.01. The number of piperidine rings is 1. The van der Waals surface area contributed by atoms with Crippen LogP contribution in [-0.4, -0.2) is 29.9 Å². The maximum absolute atomic E-state index is 12.6. The number of carbonyl (C=O) groups is 1. The van der Waals surface area contributed by atoms with Gasteiger partial charge in [0.15, 0.2) is 0 Å². The van der Waals surface area contributed by atoms with E-state index in [9.17, 15) is 18.0 Å². The van der Waals surface area contributed by atoms with Gasteiger partial charge in [0, 0.05) is 19.1 Å². The van der Waals surface area contributed by atoms with Crippen LogP contribution in [0.1, 0.15) is 24.0 Å². The zero-order valence-electron chi connectivity index (χ0n) is 11.0. The second-order valence-corrected chi connectivity index (χ2v) is 5.09. The van der Waals surface area contributed by atoms with Gasteiger partial charge in [-0.15, -0.1) is 0 Å². The van der Waals surface area contributed by atoms with Crippen molar-refractivity contribution in [3.63, 3.8) is 0 Å². The maximum atomic E-state index is 12.6. The Morgan fingerprint density at radius 2 is 1.95 bits per heavy atom. The van der Waals surface area contributed by atoms with E-state index >= 15 is 0 Å². The summed E-state index contributed by atoms with van der Waals surface area (Å²) >= 11 is 0. The lowest BCUT2D eigenvalue weighted by molar-refractivity contribution is -0.138. The lowest BCUT2D eigenvalue weighted by Crippen LogP contribution is -2.43. The summed E-state index contributed by atoms with van der Waals surface area (Å²) < 4.78 is 37.8. The molecule has 3 nitrogen and oxygen atoms in total. The summed E-state index contributed by atoms with van der Waals surface area (Å²) in [6.07, 6.45) is -2.89. The van der Waals surface area contributed by atoms with E-state index in [0.29, 0.717) is 18.7 Å². The molecule has 1 amide bonds. The van der Waals surface area contributed by atoms with E-state index in [1.54, 1.807) is 11.0 Å². The fourth-order valence-electron chi connectivity index (χ4n) is 2.29. The Morgan fingerprint density at radius 1 is 1.30 bits per heavy atom. The summed E-state index contributed by atoms with van der Waals surface area (Å²) in [5, 5.41) is 0. The molecule has 0 radical (unpaired) electrons. The number of halogens is 3. The van der Waals surface area contributed by atoms with Crippen LogP contribution in [0.25, 0.3) is 0 Å². The van der Waals surface area contributed by atoms with Gasteiger partial charge in [0.2, 0.25) is 5.91 Å². The second kappa shape index (κ2) is 5.83. The number of nitrogens with zero attached hydrogens (tertiary/aromatic N) is 1. The van der Waals surface area contributed by atoms with Gasteiger partial charge in [-0.25, -0.2) is 0 Å². The van der Waals surface area contributed by atoms with Gasteiger partial charge < -0.3 is 10.6 Å². The molecule has 6 heteroatoms. The molecule has 20 heavy (non-hydrogen) atoms. The molecule has 1 aliphatic rings. The molecule has 0 aromatic heterocycles. The standard InChI is InChI=1S/C14H17F3N2O/c15-14(16,17)11-3-1-2-10(8-11)9-13(20)19-6-4-12(18)5-7-19/h1-3,8,12H,4-7,9,18H2. The Labute approximate surface area is 115 Å². The van der Waals surface area contributed by atoms with Crippen LogP contribution in [0, 0.1) is 0 Å². The van der Waals surface area contributed by atoms with Crippen molar-refractivity contribution in [1.82, 2.24) is 4.90 Å². The van der Waals surface area contributed by atoms with Crippen LogP contribution in [-0.2, 0) is 17.4 Å². The highest BCUT2D eigenvalue weighted by molar-refractivity contribution is 5.78. The number of amides is 1. The molecule has 0 atom stereocenters. The number of rotatable bonds is 2. The van der Waals surface area contributed by atoms with Crippen molar-refractivity contribution in [3.8, 4) is 0 Å². The van der Waals surface area contributed by atoms with Gasteiger partial charge in [-0.05, 0) is 24.5 Å². The number of benzene rings is 1. The van der Waals surface area contributed by atoms with Gasteiger partial charge in [0.1, 0.15) is 0 Å². The van der Waals surface area contributed by atoms with Gasteiger partial charge in [-0.3, -0.25) is 4.79 Å². The van der Waals surface area contributed by atoms with Crippen LogP contribution in [0.2, 0.25) is 0 Å². The van der Waals surface area contributed by atoms with Gasteiger partial charge in [-0.1, -0.05) is 18.2 Å². The number of nitrogens with two attached hydrogens (primary N) is 1. The van der Waals surface area contributed by atoms with Crippen LogP contribution in [0.3, 0.4) is 0 Å². The van der Waals surface area contributed by atoms with E-state index in [-0.39, 0.29) is 18.4 Å². The Morgan fingerprint density at radius 3 is 2.55 bits per heavy atom. The van der Waals surface area contributed by atoms with Crippen LogP contribution >= 0.6 is 0 Å². The van der Waals surface area contributed by atoms with Crippen LogP contribution < -0.4 is 5.73 Å². The molecule has 2 N–H and O–H groups in total. The molecular weight excluding hydrogens is 269 g/mol. The Kier molecular flexibility index (Phi) is 4.32. The third-order valence-corrected chi connectivity index (χ3v) is 3.50. The highest BCUT2D eigenvalue weighted by atomic mass is 19.4. The van der Waals surface area contributed by atoms with E-state index in [0.717, 1.165) is 25.0 Å². The van der Waals surface area contributed by atoms with Gasteiger partial charge in [0.25, 0.3) is 0 Å². The summed E-state index contributed by atoms with van der Waals surface area (Å²) in [6, 6.07) is 5.04. The second-order valence-electron chi connectivity index (χ2n) is 5.09. The molecule has 0 aliphatic carbocycles. The molecule has 1 fully saturated rings. The van der Waals surface area contributed by atoms with Crippen molar-refractivity contribution in [1.29, 1.82) is 0 Å².